The highest BCUT2D eigenvalue weighted by molar-refractivity contribution is 7.99. The zero-order chi connectivity index (χ0) is 21.0. The summed E-state index contributed by atoms with van der Waals surface area (Å²) in [7, 11) is 0. The molecule has 1 amide bonds. The highest BCUT2D eigenvalue weighted by Crippen LogP contribution is 2.35. The van der Waals surface area contributed by atoms with Crippen molar-refractivity contribution in [1.29, 1.82) is 0 Å². The fourth-order valence-electron chi connectivity index (χ4n) is 4.18. The molecule has 162 valence electrons. The summed E-state index contributed by atoms with van der Waals surface area (Å²) in [4.78, 5) is 18.6. The van der Waals surface area contributed by atoms with E-state index in [4.69, 9.17) is 4.74 Å². The molecule has 31 heavy (non-hydrogen) atoms. The number of hydrogen-bond acceptors (Lipinski definition) is 7. The Morgan fingerprint density at radius 3 is 2.71 bits per heavy atom. The summed E-state index contributed by atoms with van der Waals surface area (Å²) < 4.78 is 7.56. The summed E-state index contributed by atoms with van der Waals surface area (Å²) in [5.74, 6) is 1.33. The van der Waals surface area contributed by atoms with E-state index in [1.807, 2.05) is 35.2 Å². The molecule has 0 N–H and O–H groups in total. The van der Waals surface area contributed by atoms with Crippen molar-refractivity contribution in [2.24, 2.45) is 0 Å². The molecule has 4 heterocycles. The van der Waals surface area contributed by atoms with Gasteiger partial charge < -0.3 is 14.5 Å². The fraction of sp³-hybridized carbons (Fsp3) is 0.409. The molecule has 3 aromatic rings. The van der Waals surface area contributed by atoms with Gasteiger partial charge in [-0.2, -0.15) is 0 Å². The van der Waals surface area contributed by atoms with Crippen LogP contribution in [-0.2, 0) is 9.53 Å². The topological polar surface area (TPSA) is 63.5 Å². The second kappa shape index (κ2) is 9.42. The van der Waals surface area contributed by atoms with Crippen LogP contribution in [0.25, 0.3) is 5.69 Å². The molecule has 2 aliphatic rings. The third-order valence-corrected chi connectivity index (χ3v) is 7.58. The Labute approximate surface area is 190 Å². The van der Waals surface area contributed by atoms with Crippen molar-refractivity contribution < 1.29 is 9.53 Å². The van der Waals surface area contributed by atoms with Gasteiger partial charge in [0.2, 0.25) is 11.9 Å². The van der Waals surface area contributed by atoms with Crippen LogP contribution in [0.3, 0.4) is 0 Å². The molecule has 0 radical (unpaired) electrons. The van der Waals surface area contributed by atoms with Crippen LogP contribution in [0, 0.1) is 0 Å². The number of likely N-dealkylation sites (tertiary alicyclic amines) is 1. The van der Waals surface area contributed by atoms with Crippen LogP contribution in [-0.4, -0.2) is 64.2 Å². The van der Waals surface area contributed by atoms with E-state index in [0.29, 0.717) is 19.0 Å². The zero-order valence-corrected chi connectivity index (χ0v) is 18.9. The summed E-state index contributed by atoms with van der Waals surface area (Å²) in [6.45, 7) is 3.76. The predicted molar refractivity (Wildman–Crippen MR) is 123 cm³/mol. The Morgan fingerprint density at radius 1 is 1.10 bits per heavy atom. The van der Waals surface area contributed by atoms with Crippen LogP contribution >= 0.6 is 23.1 Å². The molecule has 5 rings (SSSR count). The molecule has 2 aromatic heterocycles. The summed E-state index contributed by atoms with van der Waals surface area (Å²) in [5.41, 5.74) is 1.00. The lowest BCUT2D eigenvalue weighted by Crippen LogP contribution is -2.37. The molecular weight excluding hydrogens is 430 g/mol. The van der Waals surface area contributed by atoms with Crippen LogP contribution < -0.4 is 4.90 Å². The molecule has 2 aliphatic heterocycles. The van der Waals surface area contributed by atoms with Gasteiger partial charge >= 0.3 is 0 Å². The number of rotatable bonds is 6. The van der Waals surface area contributed by atoms with Gasteiger partial charge in [0.25, 0.3) is 0 Å². The first-order chi connectivity index (χ1) is 15.3. The molecule has 1 atom stereocenters. The van der Waals surface area contributed by atoms with Gasteiger partial charge in [0.05, 0.1) is 30.7 Å². The molecule has 2 fully saturated rings. The number of thioether (sulfide) groups is 1. The third-order valence-electron chi connectivity index (χ3n) is 5.69. The van der Waals surface area contributed by atoms with E-state index < -0.39 is 0 Å². The fourth-order valence-corrected chi connectivity index (χ4v) is 5.88. The number of morpholine rings is 1. The van der Waals surface area contributed by atoms with Gasteiger partial charge in [0, 0.05) is 24.5 Å². The summed E-state index contributed by atoms with van der Waals surface area (Å²) in [6, 6.07) is 14.5. The lowest BCUT2D eigenvalue weighted by Gasteiger charge is -2.28. The van der Waals surface area contributed by atoms with Crippen molar-refractivity contribution in [3.63, 3.8) is 0 Å². The maximum atomic E-state index is 13.1. The predicted octanol–water partition coefficient (Wildman–Crippen LogP) is 3.62. The largest absolute Gasteiger partial charge is 0.378 e. The number of carbonyl (C=O) groups is 1. The minimum atomic E-state index is 0.163. The molecule has 0 unspecified atom stereocenters. The molecule has 0 spiro atoms. The monoisotopic (exact) mass is 455 g/mol. The van der Waals surface area contributed by atoms with Crippen molar-refractivity contribution in [3.05, 3.63) is 52.7 Å². The van der Waals surface area contributed by atoms with Crippen molar-refractivity contribution >= 4 is 35.0 Å². The van der Waals surface area contributed by atoms with Gasteiger partial charge in [-0.3, -0.25) is 9.36 Å². The Balaban J connectivity index is 1.35. The maximum Gasteiger partial charge on any atom is 0.233 e. The number of benzene rings is 1. The SMILES string of the molecule is O=C(CSc1nnc(N2CCOCC2)n1-c1ccccc1)N1CCC[C@@H]1c1cccs1. The van der Waals surface area contributed by atoms with Gasteiger partial charge in [-0.05, 0) is 36.4 Å². The number of nitrogens with zero attached hydrogens (tertiary/aromatic N) is 5. The quantitative estimate of drug-likeness (QED) is 0.529. The average molecular weight is 456 g/mol. The van der Waals surface area contributed by atoms with Crippen LogP contribution in [0.2, 0.25) is 0 Å². The second-order valence-corrected chi connectivity index (χ2v) is 9.52. The molecule has 0 saturated carbocycles. The van der Waals surface area contributed by atoms with Crippen LogP contribution in [0.4, 0.5) is 5.95 Å². The Kier molecular flexibility index (Phi) is 6.24. The molecule has 2 saturated heterocycles. The van der Waals surface area contributed by atoms with Crippen molar-refractivity contribution in [2.75, 3.05) is 43.5 Å². The van der Waals surface area contributed by atoms with E-state index >= 15 is 0 Å². The first-order valence-corrected chi connectivity index (χ1v) is 12.5. The summed E-state index contributed by atoms with van der Waals surface area (Å²) in [6.07, 6.45) is 2.10. The van der Waals surface area contributed by atoms with E-state index in [9.17, 15) is 4.79 Å². The molecule has 0 aliphatic carbocycles. The van der Waals surface area contributed by atoms with Crippen LogP contribution in [0.5, 0.6) is 0 Å². The number of amides is 1. The van der Waals surface area contributed by atoms with Gasteiger partial charge in [0.1, 0.15) is 0 Å². The number of ether oxygens (including phenoxy) is 1. The van der Waals surface area contributed by atoms with E-state index in [1.165, 1.54) is 16.6 Å². The van der Waals surface area contributed by atoms with E-state index in [0.717, 1.165) is 49.3 Å². The lowest BCUT2D eigenvalue weighted by atomic mass is 10.2. The highest BCUT2D eigenvalue weighted by Gasteiger charge is 2.31. The maximum absolute atomic E-state index is 13.1. The van der Waals surface area contributed by atoms with E-state index in [-0.39, 0.29) is 11.9 Å². The zero-order valence-electron chi connectivity index (χ0n) is 17.2. The smallest absolute Gasteiger partial charge is 0.233 e. The summed E-state index contributed by atoms with van der Waals surface area (Å²) in [5, 5.41) is 11.8. The first-order valence-electron chi connectivity index (χ1n) is 10.6. The minimum absolute atomic E-state index is 0.163. The standard InChI is InChI=1S/C22H25N5O2S2/c28-20(26-10-4-8-18(26)19-9-5-15-30-19)16-31-22-24-23-21(25-11-13-29-14-12-25)27(22)17-6-2-1-3-7-17/h1-3,5-7,9,15,18H,4,8,10-14,16H2/t18-/m1/s1. The number of aromatic nitrogens is 3. The van der Waals surface area contributed by atoms with Gasteiger partial charge in [-0.25, -0.2) is 0 Å². The molecule has 0 bridgehead atoms. The number of hydrogen-bond donors (Lipinski definition) is 0. The number of carbonyl (C=O) groups excluding carboxylic acids is 1. The van der Waals surface area contributed by atoms with Gasteiger partial charge in [-0.1, -0.05) is 36.0 Å². The molecule has 1 aromatic carbocycles. The second-order valence-electron chi connectivity index (χ2n) is 7.60. The molecule has 9 heteroatoms. The van der Waals surface area contributed by atoms with Crippen molar-refractivity contribution in [1.82, 2.24) is 19.7 Å². The Bertz CT molecular complexity index is 1000. The lowest BCUT2D eigenvalue weighted by molar-refractivity contribution is -0.129. The Morgan fingerprint density at radius 2 is 1.94 bits per heavy atom. The number of thiophene rings is 1. The van der Waals surface area contributed by atoms with E-state index in [2.05, 4.69) is 37.2 Å². The van der Waals surface area contributed by atoms with Gasteiger partial charge in [0.15, 0.2) is 5.16 Å². The van der Waals surface area contributed by atoms with Crippen LogP contribution in [0.1, 0.15) is 23.8 Å². The summed E-state index contributed by atoms with van der Waals surface area (Å²) >= 11 is 3.20. The average Bonchev–Trinajstić information content (AvgIpc) is 3.59. The minimum Gasteiger partial charge on any atom is -0.378 e. The van der Waals surface area contributed by atoms with Gasteiger partial charge in [-0.15, -0.1) is 21.5 Å². The number of anilines is 1. The normalized spacial score (nSPS) is 19.2. The Hall–Kier alpha value is -2.36. The molecule has 7 nitrogen and oxygen atoms in total. The number of para-hydroxylation sites is 1. The van der Waals surface area contributed by atoms with Crippen LogP contribution in [0.15, 0.2) is 53.0 Å². The van der Waals surface area contributed by atoms with Crippen molar-refractivity contribution in [2.45, 2.75) is 24.0 Å². The van der Waals surface area contributed by atoms with Crippen molar-refractivity contribution in [3.8, 4) is 5.69 Å². The third kappa shape index (κ3) is 4.35. The molecular formula is C22H25N5O2S2. The first kappa shape index (κ1) is 20.5. The van der Waals surface area contributed by atoms with E-state index in [1.54, 1.807) is 11.3 Å². The highest BCUT2D eigenvalue weighted by atomic mass is 32.2.